The van der Waals surface area contributed by atoms with E-state index in [1.807, 2.05) is 42.5 Å². The van der Waals surface area contributed by atoms with Crippen molar-refractivity contribution in [2.24, 2.45) is 4.99 Å². The van der Waals surface area contributed by atoms with Gasteiger partial charge in [-0.15, -0.1) is 0 Å². The van der Waals surface area contributed by atoms with Gasteiger partial charge >= 0.3 is 0 Å². The van der Waals surface area contributed by atoms with Crippen LogP contribution in [0, 0.1) is 11.3 Å². The van der Waals surface area contributed by atoms with Gasteiger partial charge in [-0.25, -0.2) is 0 Å². The number of aliphatic imine (C=N–C) groups is 1. The summed E-state index contributed by atoms with van der Waals surface area (Å²) in [5.41, 5.74) is 2.56. The summed E-state index contributed by atoms with van der Waals surface area (Å²) in [6.07, 6.45) is 1.81. The molecule has 16 heavy (non-hydrogen) atoms. The molecule has 0 unspecified atom stereocenters. The zero-order chi connectivity index (χ0) is 11.2. The van der Waals surface area contributed by atoms with Crippen molar-refractivity contribution in [3.05, 3.63) is 65.7 Å². The number of hydrogen-bond acceptors (Lipinski definition) is 2. The van der Waals surface area contributed by atoms with Crippen LogP contribution in [0.25, 0.3) is 0 Å². The van der Waals surface area contributed by atoms with Crippen molar-refractivity contribution in [2.45, 2.75) is 0 Å². The van der Waals surface area contributed by atoms with Crippen molar-refractivity contribution >= 4 is 11.9 Å². The van der Waals surface area contributed by atoms with Crippen molar-refractivity contribution in [3.8, 4) is 6.07 Å². The Labute approximate surface area is 94.5 Å². The van der Waals surface area contributed by atoms with Gasteiger partial charge in [-0.3, -0.25) is 4.99 Å². The first-order valence-corrected chi connectivity index (χ1v) is 4.98. The van der Waals surface area contributed by atoms with Crippen molar-refractivity contribution < 1.29 is 0 Å². The molecule has 2 aromatic carbocycles. The third kappa shape index (κ3) is 2.55. The number of nitriles is 1. The molecule has 2 rings (SSSR count). The van der Waals surface area contributed by atoms with E-state index >= 15 is 0 Å². The van der Waals surface area contributed by atoms with Gasteiger partial charge in [0.15, 0.2) is 0 Å². The predicted octanol–water partition coefficient (Wildman–Crippen LogP) is 3.31. The van der Waals surface area contributed by atoms with Crippen LogP contribution in [0.4, 0.5) is 5.69 Å². The smallest absolute Gasteiger partial charge is 0.0991 e. The third-order valence-electron chi connectivity index (χ3n) is 2.16. The summed E-state index contributed by atoms with van der Waals surface area (Å²) in [5.74, 6) is 0. The standard InChI is InChI=1S/C14H10N2/c15-10-12-6-8-14(9-7-12)16-11-13-4-2-1-3-5-13/h1-9,11H/b16-11+. The molecule has 0 saturated heterocycles. The van der Waals surface area contributed by atoms with Crippen molar-refractivity contribution in [1.82, 2.24) is 0 Å². The van der Waals surface area contributed by atoms with Gasteiger partial charge in [0, 0.05) is 6.21 Å². The molecule has 2 nitrogen and oxygen atoms in total. The maximum Gasteiger partial charge on any atom is 0.0991 e. The fourth-order valence-electron chi connectivity index (χ4n) is 1.31. The summed E-state index contributed by atoms with van der Waals surface area (Å²) < 4.78 is 0. The van der Waals surface area contributed by atoms with Crippen LogP contribution in [-0.2, 0) is 0 Å². The van der Waals surface area contributed by atoms with Crippen molar-refractivity contribution in [1.29, 1.82) is 5.26 Å². The Bertz CT molecular complexity index is 519. The van der Waals surface area contributed by atoms with Crippen LogP contribution in [0.1, 0.15) is 11.1 Å². The summed E-state index contributed by atoms with van der Waals surface area (Å²) in [6.45, 7) is 0. The molecule has 0 heterocycles. The largest absolute Gasteiger partial charge is 0.256 e. The van der Waals surface area contributed by atoms with Gasteiger partial charge < -0.3 is 0 Å². The summed E-state index contributed by atoms with van der Waals surface area (Å²) >= 11 is 0. The molecule has 2 aromatic rings. The first kappa shape index (κ1) is 10.1. The maximum atomic E-state index is 8.65. The van der Waals surface area contributed by atoms with E-state index in [-0.39, 0.29) is 0 Å². The molecule has 0 aliphatic heterocycles. The first-order chi connectivity index (χ1) is 7.88. The fraction of sp³-hybridized carbons (Fsp3) is 0. The lowest BCUT2D eigenvalue weighted by Crippen LogP contribution is -1.78. The van der Waals surface area contributed by atoms with Crippen LogP contribution in [0.3, 0.4) is 0 Å². The molecule has 0 fully saturated rings. The van der Waals surface area contributed by atoms with E-state index in [4.69, 9.17) is 5.26 Å². The highest BCUT2D eigenvalue weighted by Gasteiger charge is 1.90. The average molecular weight is 206 g/mol. The molecule has 0 aliphatic carbocycles. The average Bonchev–Trinajstić information content (AvgIpc) is 2.38. The Morgan fingerprint density at radius 1 is 0.938 bits per heavy atom. The van der Waals surface area contributed by atoms with Crippen LogP contribution in [0.2, 0.25) is 0 Å². The molecule has 0 N–H and O–H groups in total. The first-order valence-electron chi connectivity index (χ1n) is 4.98. The SMILES string of the molecule is N#Cc1ccc(/N=C/c2ccccc2)cc1. The molecule has 0 amide bonds. The molecule has 2 heteroatoms. The van der Waals surface area contributed by atoms with E-state index in [2.05, 4.69) is 11.1 Å². The molecule has 0 saturated carbocycles. The second-order valence-corrected chi connectivity index (χ2v) is 3.33. The number of hydrogen-bond donors (Lipinski definition) is 0. The summed E-state index contributed by atoms with van der Waals surface area (Å²) in [7, 11) is 0. The summed E-state index contributed by atoms with van der Waals surface area (Å²) in [5, 5.41) is 8.65. The lowest BCUT2D eigenvalue weighted by Gasteiger charge is -1.94. The van der Waals surface area contributed by atoms with E-state index in [1.54, 1.807) is 18.3 Å². The van der Waals surface area contributed by atoms with Gasteiger partial charge in [0.1, 0.15) is 0 Å². The van der Waals surface area contributed by atoms with Gasteiger partial charge in [-0.05, 0) is 29.8 Å². The lowest BCUT2D eigenvalue weighted by atomic mass is 10.2. The van der Waals surface area contributed by atoms with Gasteiger partial charge in [-0.1, -0.05) is 30.3 Å². The molecule has 76 valence electrons. The van der Waals surface area contributed by atoms with E-state index in [9.17, 15) is 0 Å². The molecule has 0 aliphatic rings. The number of nitrogens with zero attached hydrogens (tertiary/aromatic N) is 2. The Kier molecular flexibility index (Phi) is 3.10. The fourth-order valence-corrected chi connectivity index (χ4v) is 1.31. The zero-order valence-corrected chi connectivity index (χ0v) is 8.67. The van der Waals surface area contributed by atoms with E-state index in [0.717, 1.165) is 11.3 Å². The minimum Gasteiger partial charge on any atom is -0.256 e. The molecular weight excluding hydrogens is 196 g/mol. The molecular formula is C14H10N2. The maximum absolute atomic E-state index is 8.65. The van der Waals surface area contributed by atoms with Gasteiger partial charge in [0.05, 0.1) is 17.3 Å². The molecule has 0 aromatic heterocycles. The quantitative estimate of drug-likeness (QED) is 0.694. The van der Waals surface area contributed by atoms with E-state index in [1.165, 1.54) is 0 Å². The minimum atomic E-state index is 0.652. The number of rotatable bonds is 2. The van der Waals surface area contributed by atoms with Crippen LogP contribution >= 0.6 is 0 Å². The molecule has 0 atom stereocenters. The van der Waals surface area contributed by atoms with Gasteiger partial charge in [0.2, 0.25) is 0 Å². The number of benzene rings is 2. The highest BCUT2D eigenvalue weighted by Crippen LogP contribution is 2.12. The topological polar surface area (TPSA) is 36.1 Å². The van der Waals surface area contributed by atoms with Gasteiger partial charge in [0.25, 0.3) is 0 Å². The Hall–Kier alpha value is -2.40. The van der Waals surface area contributed by atoms with Crippen molar-refractivity contribution in [2.75, 3.05) is 0 Å². The Morgan fingerprint density at radius 2 is 1.62 bits per heavy atom. The van der Waals surface area contributed by atoms with Gasteiger partial charge in [-0.2, -0.15) is 5.26 Å². The Balaban J connectivity index is 2.15. The third-order valence-corrected chi connectivity index (χ3v) is 2.16. The van der Waals surface area contributed by atoms with Crippen LogP contribution in [-0.4, -0.2) is 6.21 Å². The van der Waals surface area contributed by atoms with E-state index < -0.39 is 0 Å². The highest BCUT2D eigenvalue weighted by atomic mass is 14.7. The predicted molar refractivity (Wildman–Crippen MR) is 64.9 cm³/mol. The monoisotopic (exact) mass is 206 g/mol. The van der Waals surface area contributed by atoms with E-state index in [0.29, 0.717) is 5.56 Å². The second kappa shape index (κ2) is 4.90. The molecule has 0 spiro atoms. The molecule has 0 bridgehead atoms. The normalized spacial score (nSPS) is 10.2. The Morgan fingerprint density at radius 3 is 2.25 bits per heavy atom. The molecule has 0 radical (unpaired) electrons. The summed E-state index contributed by atoms with van der Waals surface area (Å²) in [4.78, 5) is 4.32. The zero-order valence-electron chi connectivity index (χ0n) is 8.67. The minimum absolute atomic E-state index is 0.652. The second-order valence-electron chi connectivity index (χ2n) is 3.33. The summed E-state index contributed by atoms with van der Waals surface area (Å²) in [6, 6.07) is 19.2. The van der Waals surface area contributed by atoms with Crippen LogP contribution in [0.15, 0.2) is 59.6 Å². The highest BCUT2D eigenvalue weighted by molar-refractivity contribution is 5.81. The van der Waals surface area contributed by atoms with Crippen LogP contribution < -0.4 is 0 Å². The van der Waals surface area contributed by atoms with Crippen molar-refractivity contribution in [3.63, 3.8) is 0 Å². The van der Waals surface area contributed by atoms with Crippen LogP contribution in [0.5, 0.6) is 0 Å². The lowest BCUT2D eigenvalue weighted by molar-refractivity contribution is 1.46.